The highest BCUT2D eigenvalue weighted by Gasteiger charge is 2.15. The van der Waals surface area contributed by atoms with Crippen LogP contribution in [0.25, 0.3) is 0 Å². The number of aliphatic hydroxyl groups excluding tert-OH is 1. The molecule has 2 aromatic rings. The molecule has 0 aliphatic rings. The summed E-state index contributed by atoms with van der Waals surface area (Å²) in [5.74, 6) is 0.751. The Bertz CT molecular complexity index is 542. The average molecular weight is 312 g/mol. The summed E-state index contributed by atoms with van der Waals surface area (Å²) in [6.45, 7) is 0. The molecule has 1 aromatic carbocycles. The maximum absolute atomic E-state index is 10.1. The summed E-state index contributed by atoms with van der Waals surface area (Å²) in [4.78, 5) is 1.43. The van der Waals surface area contributed by atoms with Crippen molar-refractivity contribution >= 4 is 15.9 Å². The Labute approximate surface area is 114 Å². The van der Waals surface area contributed by atoms with E-state index in [0.717, 1.165) is 15.8 Å². The van der Waals surface area contributed by atoms with Gasteiger partial charge in [0.1, 0.15) is 17.5 Å². The lowest BCUT2D eigenvalue weighted by Crippen LogP contribution is -2.05. The van der Waals surface area contributed by atoms with Crippen LogP contribution >= 0.6 is 15.9 Å². The van der Waals surface area contributed by atoms with Crippen molar-refractivity contribution in [2.45, 2.75) is 12.5 Å². The molecule has 1 aromatic heterocycles. The quantitative estimate of drug-likeness (QED) is 0.936. The minimum atomic E-state index is -0.693. The summed E-state index contributed by atoms with van der Waals surface area (Å²) in [5.41, 5.74) is 1.48. The molecule has 1 atom stereocenters. The van der Waals surface area contributed by atoms with Crippen LogP contribution in [-0.4, -0.2) is 27.2 Å². The van der Waals surface area contributed by atoms with E-state index < -0.39 is 6.10 Å². The van der Waals surface area contributed by atoms with E-state index in [1.54, 1.807) is 20.4 Å². The van der Waals surface area contributed by atoms with E-state index in [1.165, 1.54) is 4.80 Å². The fourth-order valence-electron chi connectivity index (χ4n) is 1.73. The zero-order chi connectivity index (χ0) is 13.1. The van der Waals surface area contributed by atoms with Crippen LogP contribution < -0.4 is 4.74 Å². The van der Waals surface area contributed by atoms with Crippen molar-refractivity contribution < 1.29 is 9.84 Å². The highest BCUT2D eigenvalue weighted by Crippen LogP contribution is 2.27. The second-order valence-corrected chi connectivity index (χ2v) is 4.85. The van der Waals surface area contributed by atoms with E-state index in [0.29, 0.717) is 12.1 Å². The number of aromatic nitrogens is 3. The highest BCUT2D eigenvalue weighted by molar-refractivity contribution is 9.10. The standard InChI is InChI=1S/C12H14BrN3O2/c1-16-14-7-10(15-16)11(17)6-8-5-9(13)3-4-12(8)18-2/h3-5,7,11,17H,6H2,1-2H3. The third-order valence-corrected chi connectivity index (χ3v) is 3.11. The molecule has 5 nitrogen and oxygen atoms in total. The van der Waals surface area contributed by atoms with Gasteiger partial charge in [-0.2, -0.15) is 15.0 Å². The summed E-state index contributed by atoms with van der Waals surface area (Å²) in [5, 5.41) is 18.1. The highest BCUT2D eigenvalue weighted by atomic mass is 79.9. The molecule has 18 heavy (non-hydrogen) atoms. The molecule has 0 fully saturated rings. The van der Waals surface area contributed by atoms with Gasteiger partial charge in [0, 0.05) is 17.9 Å². The SMILES string of the molecule is COc1ccc(Br)cc1CC(O)c1cnn(C)n1. The molecule has 0 bridgehead atoms. The van der Waals surface area contributed by atoms with Crippen molar-refractivity contribution in [1.29, 1.82) is 0 Å². The number of ether oxygens (including phenoxy) is 1. The zero-order valence-corrected chi connectivity index (χ0v) is 11.8. The van der Waals surface area contributed by atoms with Gasteiger partial charge in [-0.3, -0.25) is 0 Å². The molecule has 6 heteroatoms. The molecule has 96 valence electrons. The Morgan fingerprint density at radius 3 is 2.89 bits per heavy atom. The van der Waals surface area contributed by atoms with Crippen molar-refractivity contribution in [3.63, 3.8) is 0 Å². The third kappa shape index (κ3) is 2.88. The Morgan fingerprint density at radius 1 is 1.50 bits per heavy atom. The molecule has 0 amide bonds. The van der Waals surface area contributed by atoms with E-state index in [-0.39, 0.29) is 0 Å². The van der Waals surface area contributed by atoms with Gasteiger partial charge in [0.2, 0.25) is 0 Å². The normalized spacial score (nSPS) is 12.4. The molecule has 0 saturated carbocycles. The lowest BCUT2D eigenvalue weighted by molar-refractivity contribution is 0.171. The predicted octanol–water partition coefficient (Wildman–Crippen LogP) is 1.86. The van der Waals surface area contributed by atoms with Gasteiger partial charge in [0.25, 0.3) is 0 Å². The van der Waals surface area contributed by atoms with Gasteiger partial charge < -0.3 is 9.84 Å². The molecule has 0 spiro atoms. The van der Waals surface area contributed by atoms with Crippen LogP contribution in [-0.2, 0) is 13.5 Å². The van der Waals surface area contributed by atoms with Gasteiger partial charge >= 0.3 is 0 Å². The van der Waals surface area contributed by atoms with Crippen molar-refractivity contribution in [3.05, 3.63) is 40.1 Å². The van der Waals surface area contributed by atoms with Gasteiger partial charge in [-0.25, -0.2) is 0 Å². The zero-order valence-electron chi connectivity index (χ0n) is 10.2. The monoisotopic (exact) mass is 311 g/mol. The lowest BCUT2D eigenvalue weighted by Gasteiger charge is -2.12. The maximum atomic E-state index is 10.1. The van der Waals surface area contributed by atoms with Crippen LogP contribution in [0, 0.1) is 0 Å². The van der Waals surface area contributed by atoms with Crippen LogP contribution in [0.3, 0.4) is 0 Å². The maximum Gasteiger partial charge on any atom is 0.122 e. The van der Waals surface area contributed by atoms with Crippen molar-refractivity contribution in [2.75, 3.05) is 7.11 Å². The second kappa shape index (κ2) is 5.49. The van der Waals surface area contributed by atoms with Crippen LogP contribution in [0.2, 0.25) is 0 Å². The van der Waals surface area contributed by atoms with E-state index in [2.05, 4.69) is 26.1 Å². The van der Waals surface area contributed by atoms with Gasteiger partial charge in [-0.15, -0.1) is 0 Å². The molecule has 1 N–H and O–H groups in total. The summed E-state index contributed by atoms with van der Waals surface area (Å²) in [7, 11) is 3.33. The minimum absolute atomic E-state index is 0.432. The molecule has 1 heterocycles. The molecule has 0 saturated heterocycles. The molecule has 0 aliphatic heterocycles. The van der Waals surface area contributed by atoms with Crippen molar-refractivity contribution in [3.8, 4) is 5.75 Å². The van der Waals surface area contributed by atoms with E-state index in [4.69, 9.17) is 4.74 Å². The Morgan fingerprint density at radius 2 is 2.28 bits per heavy atom. The van der Waals surface area contributed by atoms with Gasteiger partial charge in [0.15, 0.2) is 0 Å². The molecule has 2 rings (SSSR count). The lowest BCUT2D eigenvalue weighted by atomic mass is 10.1. The first kappa shape index (κ1) is 13.0. The number of methoxy groups -OCH3 is 1. The topological polar surface area (TPSA) is 60.2 Å². The number of nitrogens with zero attached hydrogens (tertiary/aromatic N) is 3. The summed E-state index contributed by atoms with van der Waals surface area (Å²) < 4.78 is 6.22. The number of aryl methyl sites for hydroxylation is 1. The Hall–Kier alpha value is -1.40. The van der Waals surface area contributed by atoms with Gasteiger partial charge in [-0.05, 0) is 23.8 Å². The first-order valence-electron chi connectivity index (χ1n) is 5.47. The number of hydrogen-bond acceptors (Lipinski definition) is 4. The molecular weight excluding hydrogens is 298 g/mol. The first-order valence-corrected chi connectivity index (χ1v) is 6.26. The number of rotatable bonds is 4. The Kier molecular flexibility index (Phi) is 3.98. The molecule has 0 radical (unpaired) electrons. The van der Waals surface area contributed by atoms with Crippen LogP contribution in [0.4, 0.5) is 0 Å². The molecule has 1 unspecified atom stereocenters. The summed E-state index contributed by atoms with van der Waals surface area (Å²) in [6.07, 6.45) is 1.30. The smallest absolute Gasteiger partial charge is 0.122 e. The Balaban J connectivity index is 2.20. The van der Waals surface area contributed by atoms with Gasteiger partial charge in [0.05, 0.1) is 13.3 Å². The fraction of sp³-hybridized carbons (Fsp3) is 0.333. The fourth-order valence-corrected chi connectivity index (χ4v) is 2.14. The average Bonchev–Trinajstić information content (AvgIpc) is 2.76. The first-order chi connectivity index (χ1) is 8.60. The third-order valence-electron chi connectivity index (χ3n) is 2.61. The van der Waals surface area contributed by atoms with Crippen molar-refractivity contribution in [2.24, 2.45) is 7.05 Å². The largest absolute Gasteiger partial charge is 0.496 e. The van der Waals surface area contributed by atoms with Gasteiger partial charge in [-0.1, -0.05) is 15.9 Å². The van der Waals surface area contributed by atoms with Crippen LogP contribution in [0.5, 0.6) is 5.75 Å². The minimum Gasteiger partial charge on any atom is -0.496 e. The van der Waals surface area contributed by atoms with Crippen molar-refractivity contribution in [1.82, 2.24) is 15.0 Å². The van der Waals surface area contributed by atoms with Crippen LogP contribution in [0.15, 0.2) is 28.9 Å². The van der Waals surface area contributed by atoms with Crippen LogP contribution in [0.1, 0.15) is 17.4 Å². The molecular formula is C12H14BrN3O2. The number of hydrogen-bond donors (Lipinski definition) is 1. The van der Waals surface area contributed by atoms with E-state index in [1.807, 2.05) is 18.2 Å². The summed E-state index contributed by atoms with van der Waals surface area (Å²) >= 11 is 3.41. The van der Waals surface area contributed by atoms with E-state index >= 15 is 0 Å². The number of aliphatic hydroxyl groups is 1. The number of halogens is 1. The predicted molar refractivity (Wildman–Crippen MR) is 70.4 cm³/mol. The second-order valence-electron chi connectivity index (χ2n) is 3.93. The molecule has 0 aliphatic carbocycles. The number of benzene rings is 1. The summed E-state index contributed by atoms with van der Waals surface area (Å²) in [6, 6.07) is 5.69. The van der Waals surface area contributed by atoms with E-state index in [9.17, 15) is 5.11 Å².